The van der Waals surface area contributed by atoms with Gasteiger partial charge >= 0.3 is 5.97 Å². The van der Waals surface area contributed by atoms with E-state index in [0.29, 0.717) is 6.54 Å². The van der Waals surface area contributed by atoms with E-state index in [1.807, 2.05) is 0 Å². The summed E-state index contributed by atoms with van der Waals surface area (Å²) < 4.78 is 25.7. The third-order valence-electron chi connectivity index (χ3n) is 2.60. The van der Waals surface area contributed by atoms with Gasteiger partial charge in [-0.05, 0) is 26.2 Å². The van der Waals surface area contributed by atoms with Crippen molar-refractivity contribution in [2.24, 2.45) is 0 Å². The molecule has 0 bridgehead atoms. The zero-order chi connectivity index (χ0) is 16.0. The molecule has 9 heteroatoms. The fourth-order valence-corrected chi connectivity index (χ4v) is 2.82. The second-order valence-corrected chi connectivity index (χ2v) is 6.46. The van der Waals surface area contributed by atoms with Crippen molar-refractivity contribution in [2.45, 2.75) is 4.90 Å². The minimum Gasteiger partial charge on any atom is -0.480 e. The number of pyridine rings is 1. The molecule has 0 aromatic carbocycles. The van der Waals surface area contributed by atoms with E-state index in [4.69, 9.17) is 10.4 Å². The summed E-state index contributed by atoms with van der Waals surface area (Å²) in [6.07, 6.45) is 1.05. The van der Waals surface area contributed by atoms with Crippen molar-refractivity contribution in [1.82, 2.24) is 14.2 Å². The Morgan fingerprint density at radius 3 is 2.48 bits per heavy atom. The molecule has 0 aliphatic heterocycles. The Hall–Kier alpha value is -2.02. The van der Waals surface area contributed by atoms with E-state index in [1.165, 1.54) is 12.1 Å². The van der Waals surface area contributed by atoms with Crippen LogP contribution in [-0.2, 0) is 14.8 Å². The predicted molar refractivity (Wildman–Crippen MR) is 73.9 cm³/mol. The SMILES string of the molecule is CN(C)CCN(CC(=O)O)S(=O)(=O)c1ccc(C#N)nc1. The standard InChI is InChI=1S/C12H16N4O4S/c1-15(2)5-6-16(9-12(17)18)21(19,20)11-4-3-10(7-13)14-8-11/h3-4,8H,5-6,9H2,1-2H3,(H,17,18). The third kappa shape index (κ3) is 4.78. The van der Waals surface area contributed by atoms with Gasteiger partial charge in [0.1, 0.15) is 23.2 Å². The second-order valence-electron chi connectivity index (χ2n) is 4.53. The number of carbonyl (C=O) groups is 1. The number of carboxylic acid groups (broad SMARTS) is 1. The fourth-order valence-electron chi connectivity index (χ4n) is 1.49. The van der Waals surface area contributed by atoms with Crippen LogP contribution in [0.2, 0.25) is 0 Å². The van der Waals surface area contributed by atoms with Crippen molar-refractivity contribution in [3.05, 3.63) is 24.0 Å². The molecular weight excluding hydrogens is 296 g/mol. The average molecular weight is 312 g/mol. The van der Waals surface area contributed by atoms with Gasteiger partial charge in [0.25, 0.3) is 0 Å². The molecule has 0 aliphatic carbocycles. The molecule has 1 heterocycles. The van der Waals surface area contributed by atoms with Gasteiger partial charge in [-0.3, -0.25) is 4.79 Å². The Bertz CT molecular complexity index is 634. The lowest BCUT2D eigenvalue weighted by atomic mass is 10.4. The number of aromatic nitrogens is 1. The van der Waals surface area contributed by atoms with Crippen LogP contribution in [0.15, 0.2) is 23.2 Å². The summed E-state index contributed by atoms with van der Waals surface area (Å²) in [5.41, 5.74) is 0.0898. The van der Waals surface area contributed by atoms with Gasteiger partial charge in [0.15, 0.2) is 0 Å². The maximum absolute atomic E-state index is 12.4. The molecule has 0 spiro atoms. The van der Waals surface area contributed by atoms with Crippen LogP contribution in [0.5, 0.6) is 0 Å². The van der Waals surface area contributed by atoms with Crippen LogP contribution in [0.25, 0.3) is 0 Å². The molecular formula is C12H16N4O4S. The lowest BCUT2D eigenvalue weighted by Gasteiger charge is -2.22. The highest BCUT2D eigenvalue weighted by atomic mass is 32.2. The molecule has 1 rings (SSSR count). The Morgan fingerprint density at radius 1 is 1.38 bits per heavy atom. The summed E-state index contributed by atoms with van der Waals surface area (Å²) in [6.45, 7) is -0.200. The number of carboxylic acids is 1. The van der Waals surface area contributed by atoms with Crippen molar-refractivity contribution in [2.75, 3.05) is 33.7 Å². The van der Waals surface area contributed by atoms with Crippen molar-refractivity contribution in [1.29, 1.82) is 5.26 Å². The highest BCUT2D eigenvalue weighted by molar-refractivity contribution is 7.89. The molecule has 0 fully saturated rings. The molecule has 0 unspecified atom stereocenters. The zero-order valence-electron chi connectivity index (χ0n) is 11.7. The monoisotopic (exact) mass is 312 g/mol. The highest BCUT2D eigenvalue weighted by Gasteiger charge is 2.26. The molecule has 0 atom stereocenters. The van der Waals surface area contributed by atoms with E-state index in [-0.39, 0.29) is 17.1 Å². The maximum Gasteiger partial charge on any atom is 0.318 e. The van der Waals surface area contributed by atoms with E-state index in [9.17, 15) is 13.2 Å². The summed E-state index contributed by atoms with van der Waals surface area (Å²) in [5, 5.41) is 17.5. The molecule has 0 saturated carbocycles. The van der Waals surface area contributed by atoms with Crippen LogP contribution in [0, 0.1) is 11.3 Å². The number of hydrogen-bond donors (Lipinski definition) is 1. The van der Waals surface area contributed by atoms with E-state index in [1.54, 1.807) is 25.1 Å². The summed E-state index contributed by atoms with van der Waals surface area (Å²) in [6, 6.07) is 4.30. The smallest absolute Gasteiger partial charge is 0.318 e. The average Bonchev–Trinajstić information content (AvgIpc) is 2.42. The fraction of sp³-hybridized carbons (Fsp3) is 0.417. The number of rotatable bonds is 7. The van der Waals surface area contributed by atoms with Crippen molar-refractivity contribution in [3.8, 4) is 6.07 Å². The number of likely N-dealkylation sites (N-methyl/N-ethyl adjacent to an activating group) is 1. The largest absolute Gasteiger partial charge is 0.480 e. The van der Waals surface area contributed by atoms with Gasteiger partial charge in [-0.2, -0.15) is 9.57 Å². The summed E-state index contributed by atoms with van der Waals surface area (Å²) in [4.78, 5) is 16.2. The lowest BCUT2D eigenvalue weighted by Crippen LogP contribution is -2.40. The minimum atomic E-state index is -3.96. The molecule has 0 saturated heterocycles. The quantitative estimate of drug-likeness (QED) is 0.727. The molecule has 114 valence electrons. The molecule has 8 nitrogen and oxygen atoms in total. The number of nitrogens with zero attached hydrogens (tertiary/aromatic N) is 4. The maximum atomic E-state index is 12.4. The van der Waals surface area contributed by atoms with Gasteiger partial charge in [-0.15, -0.1) is 0 Å². The second kappa shape index (κ2) is 7.12. The van der Waals surface area contributed by atoms with E-state index in [2.05, 4.69) is 4.98 Å². The van der Waals surface area contributed by atoms with Crippen molar-refractivity contribution in [3.63, 3.8) is 0 Å². The summed E-state index contributed by atoms with van der Waals surface area (Å²) >= 11 is 0. The first-order valence-corrected chi connectivity index (χ1v) is 7.44. The topological polar surface area (TPSA) is 115 Å². The van der Waals surface area contributed by atoms with E-state index >= 15 is 0 Å². The van der Waals surface area contributed by atoms with Crippen LogP contribution in [-0.4, -0.2) is 67.4 Å². The first-order chi connectivity index (χ1) is 9.77. The van der Waals surface area contributed by atoms with E-state index in [0.717, 1.165) is 10.5 Å². The third-order valence-corrected chi connectivity index (χ3v) is 4.43. The molecule has 0 radical (unpaired) electrons. The molecule has 0 amide bonds. The highest BCUT2D eigenvalue weighted by Crippen LogP contribution is 2.14. The van der Waals surface area contributed by atoms with Gasteiger partial charge in [-0.25, -0.2) is 13.4 Å². The zero-order valence-corrected chi connectivity index (χ0v) is 12.5. The normalized spacial score (nSPS) is 11.6. The van der Waals surface area contributed by atoms with Gasteiger partial charge in [0.05, 0.1) is 0 Å². The van der Waals surface area contributed by atoms with Gasteiger partial charge in [0, 0.05) is 19.3 Å². The molecule has 1 N–H and O–H groups in total. The van der Waals surface area contributed by atoms with E-state index < -0.39 is 22.5 Å². The Morgan fingerprint density at radius 2 is 2.05 bits per heavy atom. The van der Waals surface area contributed by atoms with Crippen LogP contribution in [0.1, 0.15) is 5.69 Å². The first-order valence-electron chi connectivity index (χ1n) is 6.00. The molecule has 1 aromatic rings. The lowest BCUT2D eigenvalue weighted by molar-refractivity contribution is -0.137. The van der Waals surface area contributed by atoms with Crippen molar-refractivity contribution < 1.29 is 18.3 Å². The Balaban J connectivity index is 3.07. The van der Waals surface area contributed by atoms with Gasteiger partial charge in [-0.1, -0.05) is 0 Å². The van der Waals surface area contributed by atoms with Crippen LogP contribution >= 0.6 is 0 Å². The van der Waals surface area contributed by atoms with Gasteiger partial charge in [0.2, 0.25) is 10.0 Å². The first kappa shape index (κ1) is 17.0. The minimum absolute atomic E-state index is 0.0433. The number of aliphatic carboxylic acids is 1. The van der Waals surface area contributed by atoms with Gasteiger partial charge < -0.3 is 10.0 Å². The van der Waals surface area contributed by atoms with Crippen LogP contribution < -0.4 is 0 Å². The Labute approximate surface area is 123 Å². The van der Waals surface area contributed by atoms with Crippen LogP contribution in [0.4, 0.5) is 0 Å². The number of nitriles is 1. The Kier molecular flexibility index (Phi) is 5.78. The van der Waals surface area contributed by atoms with Crippen molar-refractivity contribution >= 4 is 16.0 Å². The molecule has 1 aromatic heterocycles. The molecule has 0 aliphatic rings. The van der Waals surface area contributed by atoms with Crippen LogP contribution in [0.3, 0.4) is 0 Å². The predicted octanol–water partition coefficient (Wildman–Crippen LogP) is -0.410. The molecule has 21 heavy (non-hydrogen) atoms. The number of hydrogen-bond acceptors (Lipinski definition) is 6. The summed E-state index contributed by atoms with van der Waals surface area (Å²) in [5.74, 6) is -1.24. The number of sulfonamides is 1. The summed E-state index contributed by atoms with van der Waals surface area (Å²) in [7, 11) is -0.445.